The van der Waals surface area contributed by atoms with E-state index in [0.717, 1.165) is 27.4 Å². The van der Waals surface area contributed by atoms with Crippen LogP contribution >= 0.6 is 11.3 Å². The molecule has 0 radical (unpaired) electrons. The van der Waals surface area contributed by atoms with Crippen LogP contribution < -0.4 is 0 Å². The van der Waals surface area contributed by atoms with Crippen LogP contribution in [0, 0.1) is 19.8 Å². The number of imidazole rings is 1. The summed E-state index contributed by atoms with van der Waals surface area (Å²) in [5.41, 5.74) is 5.90. The lowest BCUT2D eigenvalue weighted by atomic mass is 9.91. The van der Waals surface area contributed by atoms with Crippen molar-refractivity contribution in [2.24, 2.45) is 5.92 Å². The van der Waals surface area contributed by atoms with E-state index in [4.69, 9.17) is 0 Å². The number of amides is 1. The molecular weight excluding hydrogens is 460 g/mol. The quantitative estimate of drug-likeness (QED) is 0.497. The molecule has 2 aromatic heterocycles. The minimum Gasteiger partial charge on any atom is -0.391 e. The van der Waals surface area contributed by atoms with E-state index in [-0.39, 0.29) is 36.5 Å². The number of β-amino-alcohol motifs (C(OH)–C–C–N with tert-alkyl or cyclic N) is 1. The molecule has 1 amide bonds. The first-order valence-electron chi connectivity index (χ1n) is 12.2. The van der Waals surface area contributed by atoms with Crippen LogP contribution in [0.5, 0.6) is 0 Å². The molecule has 1 aliphatic rings. The van der Waals surface area contributed by atoms with Crippen molar-refractivity contribution in [1.29, 1.82) is 0 Å². The molecule has 1 N–H and O–H groups in total. The number of aliphatic hydroxyl groups is 1. The number of hydrogen-bond donors (Lipinski definition) is 1. The Kier molecular flexibility index (Phi) is 7.52. The molecule has 35 heavy (non-hydrogen) atoms. The van der Waals surface area contributed by atoms with Crippen molar-refractivity contribution in [2.45, 2.75) is 71.6 Å². The van der Waals surface area contributed by atoms with Gasteiger partial charge in [-0.25, -0.2) is 9.97 Å². The zero-order chi connectivity index (χ0) is 25.3. The second-order valence-corrected chi connectivity index (χ2v) is 10.9. The lowest BCUT2D eigenvalue weighted by Crippen LogP contribution is -2.45. The predicted octanol–water partition coefficient (Wildman–Crippen LogP) is 4.55. The molecule has 0 aliphatic carbocycles. The molecule has 3 heterocycles. The Labute approximate surface area is 210 Å². The number of carbonyl (C=O) groups excluding carboxylic acids is 2. The van der Waals surface area contributed by atoms with E-state index in [0.29, 0.717) is 6.42 Å². The number of carbonyl (C=O) groups is 2. The number of nitrogens with zero attached hydrogens (tertiary/aromatic N) is 4. The summed E-state index contributed by atoms with van der Waals surface area (Å²) in [7, 11) is 0. The average molecular weight is 495 g/mol. The van der Waals surface area contributed by atoms with Gasteiger partial charge in [-0.05, 0) is 36.8 Å². The van der Waals surface area contributed by atoms with E-state index in [1.807, 2.05) is 50.9 Å². The summed E-state index contributed by atoms with van der Waals surface area (Å²) in [5, 5.41) is 10.4. The average Bonchev–Trinajstić information content (AvgIpc) is 3.53. The Morgan fingerprint density at radius 1 is 1.14 bits per heavy atom. The van der Waals surface area contributed by atoms with E-state index >= 15 is 0 Å². The van der Waals surface area contributed by atoms with E-state index < -0.39 is 18.2 Å². The van der Waals surface area contributed by atoms with Crippen molar-refractivity contribution in [1.82, 2.24) is 19.4 Å². The van der Waals surface area contributed by atoms with Crippen LogP contribution in [-0.2, 0) is 9.59 Å². The van der Waals surface area contributed by atoms with Gasteiger partial charge in [0.05, 0.1) is 40.2 Å². The van der Waals surface area contributed by atoms with Gasteiger partial charge in [0.25, 0.3) is 0 Å². The van der Waals surface area contributed by atoms with Crippen LogP contribution in [0.15, 0.2) is 42.3 Å². The van der Waals surface area contributed by atoms with Gasteiger partial charge in [-0.2, -0.15) is 0 Å². The Balaban J connectivity index is 1.47. The maximum Gasteiger partial charge on any atom is 0.246 e. The van der Waals surface area contributed by atoms with E-state index in [1.54, 1.807) is 22.6 Å². The van der Waals surface area contributed by atoms with Crippen molar-refractivity contribution in [3.63, 3.8) is 0 Å². The van der Waals surface area contributed by atoms with Crippen LogP contribution in [0.2, 0.25) is 0 Å². The smallest absolute Gasteiger partial charge is 0.246 e. The first-order valence-corrected chi connectivity index (χ1v) is 13.1. The Morgan fingerprint density at radius 3 is 2.43 bits per heavy atom. The molecule has 0 unspecified atom stereocenters. The Hall–Kier alpha value is -2.84. The normalized spacial score (nSPS) is 19.8. The second-order valence-electron chi connectivity index (χ2n) is 10.0. The zero-order valence-electron chi connectivity index (χ0n) is 21.0. The summed E-state index contributed by atoms with van der Waals surface area (Å²) in [5.74, 6) is -0.117. The highest BCUT2D eigenvalue weighted by atomic mass is 32.1. The van der Waals surface area contributed by atoms with E-state index in [1.165, 1.54) is 0 Å². The first kappa shape index (κ1) is 25.3. The second kappa shape index (κ2) is 10.4. The summed E-state index contributed by atoms with van der Waals surface area (Å²) in [4.78, 5) is 38.3. The SMILES string of the molecule is Cc1cn([C@H](C(=O)N2C[C@H](O)C[C@H]2C(=O)C[C@@H](C)c2ccc(-c3scnc3C)cc2)C(C)C)cn1. The van der Waals surface area contributed by atoms with Crippen molar-refractivity contribution in [3.05, 3.63) is 59.3 Å². The minimum atomic E-state index is -0.692. The highest BCUT2D eigenvalue weighted by molar-refractivity contribution is 7.13. The topological polar surface area (TPSA) is 88.3 Å². The summed E-state index contributed by atoms with van der Waals surface area (Å²) in [6.45, 7) is 10.1. The number of benzene rings is 1. The Morgan fingerprint density at radius 2 is 1.86 bits per heavy atom. The fourth-order valence-corrected chi connectivity index (χ4v) is 5.79. The number of thiazole rings is 1. The third-order valence-corrected chi connectivity index (χ3v) is 7.84. The molecule has 0 bridgehead atoms. The largest absolute Gasteiger partial charge is 0.391 e. The number of likely N-dealkylation sites (tertiary alicyclic amines) is 1. The number of aliphatic hydroxyl groups excluding tert-OH is 1. The molecule has 1 aliphatic heterocycles. The fourth-order valence-electron chi connectivity index (χ4n) is 4.98. The van der Waals surface area contributed by atoms with Gasteiger partial charge in [-0.3, -0.25) is 9.59 Å². The monoisotopic (exact) mass is 494 g/mol. The number of hydrogen-bond acceptors (Lipinski definition) is 6. The third kappa shape index (κ3) is 5.38. The van der Waals surface area contributed by atoms with E-state index in [9.17, 15) is 14.7 Å². The van der Waals surface area contributed by atoms with E-state index in [2.05, 4.69) is 34.2 Å². The molecule has 4 rings (SSSR count). The van der Waals surface area contributed by atoms with Crippen molar-refractivity contribution in [3.8, 4) is 10.4 Å². The minimum absolute atomic E-state index is 0.00547. The van der Waals surface area contributed by atoms with Gasteiger partial charge in [0, 0.05) is 25.6 Å². The number of ketones is 1. The molecular formula is C27H34N4O3S. The first-order chi connectivity index (χ1) is 16.7. The predicted molar refractivity (Wildman–Crippen MR) is 137 cm³/mol. The summed E-state index contributed by atoms with van der Waals surface area (Å²) < 4.78 is 1.82. The summed E-state index contributed by atoms with van der Waals surface area (Å²) in [6, 6.07) is 7.21. The lowest BCUT2D eigenvalue weighted by molar-refractivity contribution is -0.141. The molecule has 1 fully saturated rings. The van der Waals surface area contributed by atoms with Gasteiger partial charge < -0.3 is 14.6 Å². The van der Waals surface area contributed by atoms with Gasteiger partial charge in [0.15, 0.2) is 5.78 Å². The molecule has 1 aromatic carbocycles. The maximum absolute atomic E-state index is 13.6. The van der Waals surface area contributed by atoms with Crippen LogP contribution in [-0.4, -0.2) is 54.9 Å². The summed E-state index contributed by atoms with van der Waals surface area (Å²) >= 11 is 1.62. The van der Waals surface area contributed by atoms with Gasteiger partial charge in [-0.1, -0.05) is 45.0 Å². The van der Waals surface area contributed by atoms with Gasteiger partial charge in [-0.15, -0.1) is 11.3 Å². The van der Waals surface area contributed by atoms with Crippen molar-refractivity contribution < 1.29 is 14.7 Å². The molecule has 3 aromatic rings. The molecule has 8 heteroatoms. The highest BCUT2D eigenvalue weighted by Crippen LogP contribution is 2.32. The van der Waals surface area contributed by atoms with Crippen LogP contribution in [0.4, 0.5) is 0 Å². The molecule has 4 atom stereocenters. The fraction of sp³-hybridized carbons (Fsp3) is 0.481. The van der Waals surface area contributed by atoms with Gasteiger partial charge >= 0.3 is 0 Å². The molecule has 0 spiro atoms. The number of Topliss-reactive ketones (excluding diaryl/α,β-unsaturated/α-hetero) is 1. The molecule has 186 valence electrons. The van der Waals surface area contributed by atoms with Crippen molar-refractivity contribution >= 4 is 23.0 Å². The third-order valence-electron chi connectivity index (χ3n) is 6.86. The van der Waals surface area contributed by atoms with Crippen LogP contribution in [0.1, 0.15) is 62.5 Å². The van der Waals surface area contributed by atoms with Crippen LogP contribution in [0.25, 0.3) is 10.4 Å². The zero-order valence-corrected chi connectivity index (χ0v) is 21.8. The van der Waals surface area contributed by atoms with Crippen LogP contribution in [0.3, 0.4) is 0 Å². The number of aromatic nitrogens is 3. The molecule has 1 saturated heterocycles. The summed E-state index contributed by atoms with van der Waals surface area (Å²) in [6.07, 6.45) is 3.43. The van der Waals surface area contributed by atoms with Gasteiger partial charge in [0.1, 0.15) is 6.04 Å². The number of aryl methyl sites for hydroxylation is 2. The molecule has 7 nitrogen and oxygen atoms in total. The standard InChI is InChI=1S/C27H34N4O3S/c1-16(2)25(30-12-18(4)28-14-30)27(34)31-13-22(32)11-23(31)24(33)10-17(3)20-6-8-21(9-7-20)26-19(5)29-15-35-26/h6-9,12,14-17,22-23,25,32H,10-11,13H2,1-5H3/t17-,22-,23+,25+/m1/s1. The molecule has 0 saturated carbocycles. The van der Waals surface area contributed by atoms with Crippen molar-refractivity contribution in [2.75, 3.05) is 6.54 Å². The lowest BCUT2D eigenvalue weighted by Gasteiger charge is -2.31. The van der Waals surface area contributed by atoms with Gasteiger partial charge in [0.2, 0.25) is 5.91 Å². The maximum atomic E-state index is 13.6. The Bertz CT molecular complexity index is 1180. The number of rotatable bonds is 8. The highest BCUT2D eigenvalue weighted by Gasteiger charge is 2.42.